The second kappa shape index (κ2) is 10.5. The van der Waals surface area contributed by atoms with Crippen molar-refractivity contribution in [2.24, 2.45) is 29.1 Å². The van der Waals surface area contributed by atoms with Gasteiger partial charge in [-0.15, -0.1) is 0 Å². The molecule has 2 saturated heterocycles. The van der Waals surface area contributed by atoms with E-state index in [0.29, 0.717) is 36.9 Å². The van der Waals surface area contributed by atoms with Crippen LogP contribution in [0.5, 0.6) is 5.75 Å². The number of aromatic hydroxyl groups is 1. The van der Waals surface area contributed by atoms with Crippen molar-refractivity contribution >= 4 is 35.3 Å². The zero-order chi connectivity index (χ0) is 29.8. The fourth-order valence-corrected chi connectivity index (χ4v) is 7.92. The number of aliphatic carboxylic acids is 1. The zero-order valence-electron chi connectivity index (χ0n) is 23.4. The summed E-state index contributed by atoms with van der Waals surface area (Å²) in [6.45, 7) is 2.03. The van der Waals surface area contributed by atoms with Crippen molar-refractivity contribution in [3.05, 3.63) is 71.8 Å². The molecular weight excluding hydrogens is 536 g/mol. The van der Waals surface area contributed by atoms with E-state index in [9.17, 15) is 29.1 Å². The number of anilines is 1. The van der Waals surface area contributed by atoms with Crippen LogP contribution in [-0.4, -0.2) is 51.3 Å². The summed E-state index contributed by atoms with van der Waals surface area (Å²) in [6.07, 6.45) is 4.20. The number of carbonyl (C=O) groups excluding carboxylic acids is 4. The molecule has 0 radical (unpaired) electrons. The van der Waals surface area contributed by atoms with Gasteiger partial charge in [0.15, 0.2) is 0 Å². The SMILES string of the molecule is C[C@@]12C(=O)N(c3ccccc3)C(=O)[C@@H]1C[C@@H]1C(=CC[C@@H]3C(=O)N(CCCCCC(=O)O)C(=O)[C@@H]31)[C@@H]2c1ccccc1O. The Hall–Kier alpha value is -4.27. The lowest BCUT2D eigenvalue weighted by Gasteiger charge is -2.49. The van der Waals surface area contributed by atoms with Crippen LogP contribution >= 0.6 is 0 Å². The lowest BCUT2D eigenvalue weighted by atomic mass is 9.51. The fraction of sp³-hybridized carbons (Fsp3) is 0.424. The van der Waals surface area contributed by atoms with Crippen LogP contribution in [0.3, 0.4) is 0 Å². The first kappa shape index (κ1) is 27.9. The van der Waals surface area contributed by atoms with Crippen LogP contribution in [0.4, 0.5) is 5.69 Å². The van der Waals surface area contributed by atoms with Gasteiger partial charge in [-0.1, -0.05) is 54.5 Å². The summed E-state index contributed by atoms with van der Waals surface area (Å²) in [5.41, 5.74) is 0.644. The van der Waals surface area contributed by atoms with Gasteiger partial charge in [0.1, 0.15) is 5.75 Å². The highest BCUT2D eigenvalue weighted by molar-refractivity contribution is 6.24. The van der Waals surface area contributed by atoms with E-state index < -0.39 is 41.0 Å². The van der Waals surface area contributed by atoms with Crippen LogP contribution in [0, 0.1) is 29.1 Å². The number of amides is 4. The van der Waals surface area contributed by atoms with E-state index in [-0.39, 0.29) is 48.8 Å². The minimum Gasteiger partial charge on any atom is -0.508 e. The molecule has 4 aliphatic rings. The van der Waals surface area contributed by atoms with Crippen LogP contribution in [-0.2, 0) is 24.0 Å². The third kappa shape index (κ3) is 4.16. The molecule has 3 fully saturated rings. The molecule has 1 saturated carbocycles. The summed E-state index contributed by atoms with van der Waals surface area (Å²) in [5, 5.41) is 19.9. The van der Waals surface area contributed by atoms with Crippen molar-refractivity contribution in [2.45, 2.75) is 51.4 Å². The Labute approximate surface area is 243 Å². The van der Waals surface area contributed by atoms with Gasteiger partial charge in [0.25, 0.3) is 0 Å². The number of rotatable bonds is 8. The van der Waals surface area contributed by atoms with Crippen LogP contribution < -0.4 is 4.90 Å². The molecule has 2 aliphatic carbocycles. The molecule has 42 heavy (non-hydrogen) atoms. The molecule has 0 unspecified atom stereocenters. The number of benzene rings is 2. The number of unbranched alkanes of at least 4 members (excludes halogenated alkanes) is 2. The first-order chi connectivity index (χ1) is 20.2. The molecule has 0 spiro atoms. The van der Waals surface area contributed by atoms with E-state index in [0.717, 1.165) is 5.57 Å². The number of carboxylic acid groups (broad SMARTS) is 1. The molecule has 2 aromatic rings. The second-order valence-corrected chi connectivity index (χ2v) is 12.1. The van der Waals surface area contributed by atoms with Crippen LogP contribution in [0.1, 0.15) is 56.9 Å². The Morgan fingerprint density at radius 1 is 0.905 bits per heavy atom. The predicted octanol–water partition coefficient (Wildman–Crippen LogP) is 4.27. The number of carboxylic acids is 1. The molecule has 9 heteroatoms. The van der Waals surface area contributed by atoms with Crippen molar-refractivity contribution in [3.8, 4) is 5.75 Å². The van der Waals surface area contributed by atoms with Gasteiger partial charge in [0.2, 0.25) is 23.6 Å². The topological polar surface area (TPSA) is 132 Å². The number of phenolic OH excluding ortho intramolecular Hbond substituents is 1. The second-order valence-electron chi connectivity index (χ2n) is 12.1. The number of phenols is 1. The van der Waals surface area contributed by atoms with Crippen LogP contribution in [0.25, 0.3) is 0 Å². The molecule has 4 amide bonds. The van der Waals surface area contributed by atoms with Gasteiger partial charge in [0, 0.05) is 24.4 Å². The van der Waals surface area contributed by atoms with E-state index in [1.54, 1.807) is 55.5 Å². The van der Waals surface area contributed by atoms with E-state index in [1.807, 2.05) is 12.1 Å². The maximum absolute atomic E-state index is 14.3. The van der Waals surface area contributed by atoms with Gasteiger partial charge in [-0.25, -0.2) is 4.90 Å². The Balaban J connectivity index is 1.37. The Morgan fingerprint density at radius 3 is 2.33 bits per heavy atom. The third-order valence-corrected chi connectivity index (χ3v) is 9.90. The average Bonchev–Trinajstić information content (AvgIpc) is 3.33. The normalized spacial score (nSPS) is 30.2. The number of hydrogen-bond donors (Lipinski definition) is 2. The number of carbonyl (C=O) groups is 5. The Bertz CT molecular complexity index is 1500. The Kier molecular flexibility index (Phi) is 6.99. The van der Waals surface area contributed by atoms with Crippen molar-refractivity contribution in [3.63, 3.8) is 0 Å². The minimum atomic E-state index is -1.20. The highest BCUT2D eigenvalue weighted by Crippen LogP contribution is 2.64. The number of nitrogens with zero attached hydrogens (tertiary/aromatic N) is 2. The quantitative estimate of drug-likeness (QED) is 0.275. The number of imide groups is 2. The van der Waals surface area contributed by atoms with Gasteiger partial charge in [-0.2, -0.15) is 0 Å². The van der Waals surface area contributed by atoms with Gasteiger partial charge in [-0.3, -0.25) is 28.9 Å². The standard InChI is InChI=1S/C33H34N2O7/c1-33-24(30(40)35(32(33)42)19-10-4-2-5-11-19)18-23-20(28(33)21-12-7-8-13-25(21)36)15-16-22-27(23)31(41)34(29(22)39)17-9-3-6-14-26(37)38/h2,4-5,7-8,10-13,15,22-24,27-28,36H,3,6,9,14,16-18H2,1H3,(H,37,38)/t22-,23+,24-,27-,28+,33+/m0/s1. The monoisotopic (exact) mass is 570 g/mol. The molecule has 6 rings (SSSR count). The van der Waals surface area contributed by atoms with Crippen molar-refractivity contribution < 1.29 is 34.2 Å². The van der Waals surface area contributed by atoms with Crippen LogP contribution in [0.2, 0.25) is 0 Å². The fourth-order valence-electron chi connectivity index (χ4n) is 7.92. The number of allylic oxidation sites excluding steroid dienone is 2. The van der Waals surface area contributed by atoms with Crippen LogP contribution in [0.15, 0.2) is 66.2 Å². The molecule has 2 heterocycles. The number of fused-ring (bicyclic) bond motifs is 4. The lowest BCUT2D eigenvalue weighted by Crippen LogP contribution is -2.48. The maximum Gasteiger partial charge on any atom is 0.303 e. The third-order valence-electron chi connectivity index (χ3n) is 9.90. The van der Waals surface area contributed by atoms with Crippen molar-refractivity contribution in [2.75, 3.05) is 11.4 Å². The molecule has 2 aromatic carbocycles. The smallest absolute Gasteiger partial charge is 0.303 e. The average molecular weight is 571 g/mol. The van der Waals surface area contributed by atoms with Gasteiger partial charge in [0.05, 0.1) is 28.9 Å². The molecule has 0 aromatic heterocycles. The summed E-state index contributed by atoms with van der Waals surface area (Å²) in [7, 11) is 0. The molecule has 2 aliphatic heterocycles. The minimum absolute atomic E-state index is 0.0152. The first-order valence-corrected chi connectivity index (χ1v) is 14.6. The first-order valence-electron chi connectivity index (χ1n) is 14.6. The number of hydrogen-bond acceptors (Lipinski definition) is 6. The molecular formula is C33H34N2O7. The van der Waals surface area contributed by atoms with Gasteiger partial charge >= 0.3 is 5.97 Å². The summed E-state index contributed by atoms with van der Waals surface area (Å²) >= 11 is 0. The zero-order valence-corrected chi connectivity index (χ0v) is 23.4. The highest BCUT2D eigenvalue weighted by Gasteiger charge is 2.67. The lowest BCUT2D eigenvalue weighted by molar-refractivity contribution is -0.141. The Morgan fingerprint density at radius 2 is 1.62 bits per heavy atom. The predicted molar refractivity (Wildman–Crippen MR) is 152 cm³/mol. The number of para-hydroxylation sites is 2. The summed E-state index contributed by atoms with van der Waals surface area (Å²) in [4.78, 5) is 69.1. The van der Waals surface area contributed by atoms with Gasteiger partial charge in [-0.05, 0) is 56.7 Å². The maximum atomic E-state index is 14.3. The van der Waals surface area contributed by atoms with E-state index in [1.165, 1.54) is 9.80 Å². The summed E-state index contributed by atoms with van der Waals surface area (Å²) in [6, 6.07) is 15.6. The largest absolute Gasteiger partial charge is 0.508 e. The molecule has 0 bridgehead atoms. The highest BCUT2D eigenvalue weighted by atomic mass is 16.4. The molecule has 218 valence electrons. The summed E-state index contributed by atoms with van der Waals surface area (Å²) in [5.74, 6) is -5.06. The molecule has 6 atom stereocenters. The van der Waals surface area contributed by atoms with E-state index >= 15 is 0 Å². The molecule has 9 nitrogen and oxygen atoms in total. The number of likely N-dealkylation sites (tertiary alicyclic amines) is 1. The van der Waals surface area contributed by atoms with E-state index in [4.69, 9.17) is 5.11 Å². The molecule has 2 N–H and O–H groups in total. The van der Waals surface area contributed by atoms with Crippen molar-refractivity contribution in [1.82, 2.24) is 4.90 Å². The van der Waals surface area contributed by atoms with Crippen molar-refractivity contribution in [1.29, 1.82) is 0 Å². The van der Waals surface area contributed by atoms with E-state index in [2.05, 4.69) is 0 Å². The summed E-state index contributed by atoms with van der Waals surface area (Å²) < 4.78 is 0. The van der Waals surface area contributed by atoms with Gasteiger partial charge < -0.3 is 10.2 Å².